The van der Waals surface area contributed by atoms with Gasteiger partial charge in [-0.1, -0.05) is 13.0 Å². The van der Waals surface area contributed by atoms with Crippen molar-refractivity contribution in [3.63, 3.8) is 0 Å². The van der Waals surface area contributed by atoms with Crippen molar-refractivity contribution < 1.29 is 18.3 Å². The van der Waals surface area contributed by atoms with Crippen molar-refractivity contribution in [3.8, 4) is 5.75 Å². The van der Waals surface area contributed by atoms with Crippen molar-refractivity contribution >= 4 is 33.0 Å². The van der Waals surface area contributed by atoms with E-state index in [9.17, 15) is 18.3 Å². The highest BCUT2D eigenvalue weighted by Gasteiger charge is 2.28. The van der Waals surface area contributed by atoms with Crippen LogP contribution in [0.15, 0.2) is 30.3 Å². The molecule has 0 fully saturated rings. The molecule has 0 aliphatic rings. The topological polar surface area (TPSA) is 74.7 Å². The van der Waals surface area contributed by atoms with Crippen LogP contribution in [0.25, 0.3) is 0 Å². The van der Waals surface area contributed by atoms with Crippen molar-refractivity contribution in [1.29, 1.82) is 0 Å². The fourth-order valence-electron chi connectivity index (χ4n) is 2.15. The maximum absolute atomic E-state index is 12.7. The van der Waals surface area contributed by atoms with Crippen molar-refractivity contribution in [2.24, 2.45) is 0 Å². The molecule has 0 aliphatic heterocycles. The zero-order valence-corrected chi connectivity index (χ0v) is 14.2. The Labute approximate surface area is 133 Å². The van der Waals surface area contributed by atoms with E-state index in [4.69, 9.17) is 0 Å². The van der Waals surface area contributed by atoms with Gasteiger partial charge in [-0.25, -0.2) is 12.7 Å². The fourth-order valence-corrected chi connectivity index (χ4v) is 4.15. The van der Waals surface area contributed by atoms with Crippen LogP contribution in [0.1, 0.15) is 27.0 Å². The average Bonchev–Trinajstić information content (AvgIpc) is 2.78. The molecule has 0 atom stereocenters. The van der Waals surface area contributed by atoms with E-state index < -0.39 is 15.9 Å². The smallest absolute Gasteiger partial charge is 0.282 e. The number of anilines is 1. The predicted molar refractivity (Wildman–Crippen MR) is 88.2 cm³/mol. The number of aromatic hydroxyl groups is 1. The Kier molecular flexibility index (Phi) is 4.58. The third-order valence-electron chi connectivity index (χ3n) is 3.13. The van der Waals surface area contributed by atoms with Gasteiger partial charge in [-0.05, 0) is 37.1 Å². The molecule has 0 unspecified atom stereocenters. The summed E-state index contributed by atoms with van der Waals surface area (Å²) in [4.78, 5) is 14.1. The van der Waals surface area contributed by atoms with E-state index in [-0.39, 0.29) is 11.4 Å². The molecule has 0 saturated heterocycles. The molecule has 7 heteroatoms. The molecule has 0 saturated carbocycles. The van der Waals surface area contributed by atoms with E-state index in [1.165, 1.54) is 35.6 Å². The zero-order chi connectivity index (χ0) is 16.5. The molecule has 1 aromatic carbocycles. The Balaban J connectivity index is 2.52. The van der Waals surface area contributed by atoms with E-state index in [1.54, 1.807) is 6.07 Å². The van der Waals surface area contributed by atoms with Crippen LogP contribution in [0.4, 0.5) is 5.69 Å². The van der Waals surface area contributed by atoms with Crippen molar-refractivity contribution in [1.82, 2.24) is 0 Å². The second-order valence-electron chi connectivity index (χ2n) is 4.92. The van der Waals surface area contributed by atoms with Gasteiger partial charge < -0.3 is 5.11 Å². The van der Waals surface area contributed by atoms with Crippen LogP contribution < -0.4 is 4.31 Å². The second kappa shape index (κ2) is 6.10. The van der Waals surface area contributed by atoms with Crippen LogP contribution in [0.3, 0.4) is 0 Å². The first-order chi connectivity index (χ1) is 10.2. The number of nitrogens with zero attached hydrogens (tertiary/aromatic N) is 1. The molecule has 1 aromatic heterocycles. The Bertz CT molecular complexity index is 809. The molecule has 2 rings (SSSR count). The Morgan fingerprint density at radius 1 is 1.32 bits per heavy atom. The molecule has 1 N–H and O–H groups in total. The lowest BCUT2D eigenvalue weighted by Gasteiger charge is -2.19. The van der Waals surface area contributed by atoms with Gasteiger partial charge in [-0.3, -0.25) is 4.79 Å². The zero-order valence-electron chi connectivity index (χ0n) is 12.5. The number of sulfonamides is 1. The molecule has 5 nitrogen and oxygen atoms in total. The van der Waals surface area contributed by atoms with Gasteiger partial charge in [0.2, 0.25) is 10.0 Å². The normalized spacial score (nSPS) is 11.4. The van der Waals surface area contributed by atoms with Crippen LogP contribution in [-0.4, -0.2) is 25.7 Å². The van der Waals surface area contributed by atoms with Gasteiger partial charge in [0.1, 0.15) is 5.75 Å². The molecule has 1 amide bonds. The molecule has 0 aliphatic carbocycles. The van der Waals surface area contributed by atoms with Gasteiger partial charge >= 0.3 is 0 Å². The largest absolute Gasteiger partial charge is 0.508 e. The summed E-state index contributed by atoms with van der Waals surface area (Å²) in [5.41, 5.74) is 1.09. The van der Waals surface area contributed by atoms with Crippen LogP contribution >= 0.6 is 11.3 Å². The number of phenolic OH excluding ortho intramolecular Hbond substituents is 1. The number of rotatable bonds is 4. The number of hydrogen-bond acceptors (Lipinski definition) is 5. The minimum Gasteiger partial charge on any atom is -0.508 e. The van der Waals surface area contributed by atoms with Crippen molar-refractivity contribution in [2.75, 3.05) is 10.6 Å². The molecule has 0 radical (unpaired) electrons. The summed E-state index contributed by atoms with van der Waals surface area (Å²) in [6.45, 7) is 3.88. The third kappa shape index (κ3) is 3.31. The maximum Gasteiger partial charge on any atom is 0.282 e. The molecule has 0 spiro atoms. The van der Waals surface area contributed by atoms with Crippen LogP contribution in [0.2, 0.25) is 0 Å². The summed E-state index contributed by atoms with van der Waals surface area (Å²) >= 11 is 1.29. The maximum atomic E-state index is 12.7. The first-order valence-corrected chi connectivity index (χ1v) is 9.33. The Morgan fingerprint density at radius 2 is 2.00 bits per heavy atom. The molecular weight excluding hydrogens is 322 g/mol. The molecule has 0 bridgehead atoms. The number of thiophene rings is 1. The Morgan fingerprint density at radius 3 is 2.50 bits per heavy atom. The lowest BCUT2D eigenvalue weighted by Crippen LogP contribution is -2.35. The van der Waals surface area contributed by atoms with E-state index in [0.717, 1.165) is 27.4 Å². The number of amides is 1. The number of carbonyl (C=O) groups excluding carboxylic acids is 1. The highest BCUT2D eigenvalue weighted by Crippen LogP contribution is 2.28. The Hall–Kier alpha value is -1.86. The van der Waals surface area contributed by atoms with E-state index in [0.29, 0.717) is 4.88 Å². The summed E-state index contributed by atoms with van der Waals surface area (Å²) in [7, 11) is -3.81. The highest BCUT2D eigenvalue weighted by atomic mass is 32.2. The summed E-state index contributed by atoms with van der Waals surface area (Å²) in [5.74, 6) is -0.712. The summed E-state index contributed by atoms with van der Waals surface area (Å²) in [6.07, 6.45) is 1.75. The van der Waals surface area contributed by atoms with E-state index in [2.05, 4.69) is 0 Å². The number of hydrogen-bond donors (Lipinski definition) is 1. The molecule has 22 heavy (non-hydrogen) atoms. The van der Waals surface area contributed by atoms with Crippen LogP contribution in [0, 0.1) is 6.92 Å². The molecule has 118 valence electrons. The lowest BCUT2D eigenvalue weighted by molar-refractivity contribution is 0.101. The number of phenols is 1. The standard InChI is InChI=1S/C15H17NO4S2/c1-4-13-10(2)8-14(21-13)15(18)16(22(3,19)20)11-6-5-7-12(17)9-11/h5-9,17H,4H2,1-3H3. The quantitative estimate of drug-likeness (QED) is 0.929. The number of carbonyl (C=O) groups is 1. The van der Waals surface area contributed by atoms with Crippen LogP contribution in [0.5, 0.6) is 5.75 Å². The molecule has 1 heterocycles. The summed E-state index contributed by atoms with van der Waals surface area (Å²) in [6, 6.07) is 7.33. The van der Waals surface area contributed by atoms with Gasteiger partial charge in [0.05, 0.1) is 16.8 Å². The molecular formula is C15H17NO4S2. The minimum atomic E-state index is -3.81. The summed E-state index contributed by atoms with van der Waals surface area (Å²) in [5, 5.41) is 9.54. The van der Waals surface area contributed by atoms with E-state index >= 15 is 0 Å². The van der Waals surface area contributed by atoms with Gasteiger partial charge in [0, 0.05) is 10.9 Å². The van der Waals surface area contributed by atoms with Crippen molar-refractivity contribution in [2.45, 2.75) is 20.3 Å². The molecule has 2 aromatic rings. The highest BCUT2D eigenvalue weighted by molar-refractivity contribution is 7.92. The SMILES string of the molecule is CCc1sc(C(=O)N(c2cccc(O)c2)S(C)(=O)=O)cc1C. The summed E-state index contributed by atoms with van der Waals surface area (Å²) < 4.78 is 24.8. The minimum absolute atomic E-state index is 0.101. The predicted octanol–water partition coefficient (Wildman–Crippen LogP) is 2.93. The fraction of sp³-hybridized carbons (Fsp3) is 0.267. The van der Waals surface area contributed by atoms with E-state index in [1.807, 2.05) is 13.8 Å². The van der Waals surface area contributed by atoms with Gasteiger partial charge in [-0.2, -0.15) is 0 Å². The monoisotopic (exact) mass is 339 g/mol. The third-order valence-corrected chi connectivity index (χ3v) is 5.54. The number of aryl methyl sites for hydroxylation is 2. The first kappa shape index (κ1) is 16.5. The second-order valence-corrected chi connectivity index (χ2v) is 7.89. The lowest BCUT2D eigenvalue weighted by atomic mass is 10.2. The van der Waals surface area contributed by atoms with Crippen molar-refractivity contribution in [3.05, 3.63) is 45.6 Å². The average molecular weight is 339 g/mol. The first-order valence-electron chi connectivity index (χ1n) is 6.67. The van der Waals surface area contributed by atoms with Crippen LogP contribution in [-0.2, 0) is 16.4 Å². The van der Waals surface area contributed by atoms with Gasteiger partial charge in [0.25, 0.3) is 5.91 Å². The van der Waals surface area contributed by atoms with Gasteiger partial charge in [0.15, 0.2) is 0 Å². The van der Waals surface area contributed by atoms with Gasteiger partial charge in [-0.15, -0.1) is 11.3 Å². The number of benzene rings is 1.